The number of nitrogens with one attached hydrogen (secondary N) is 2. The van der Waals surface area contributed by atoms with Crippen LogP contribution in [0.5, 0.6) is 0 Å². The highest BCUT2D eigenvalue weighted by Gasteiger charge is 2.24. The normalized spacial score (nSPS) is 12.3. The van der Waals surface area contributed by atoms with Crippen molar-refractivity contribution in [3.05, 3.63) is 154 Å². The number of aryl methyl sites for hydroxylation is 6. The third-order valence-corrected chi connectivity index (χ3v) is 13.2. The van der Waals surface area contributed by atoms with E-state index in [1.165, 1.54) is 52.7 Å². The molecule has 2 aromatic carbocycles. The summed E-state index contributed by atoms with van der Waals surface area (Å²) >= 11 is 0. The van der Waals surface area contributed by atoms with Crippen LogP contribution >= 0.6 is 0 Å². The van der Waals surface area contributed by atoms with E-state index in [0.29, 0.717) is 12.8 Å². The minimum Gasteiger partial charge on any atom is -1.00 e. The van der Waals surface area contributed by atoms with Crippen molar-refractivity contribution in [2.45, 2.75) is 79.3 Å². The molecule has 0 amide bonds. The Kier molecular flexibility index (Phi) is 14.8. The summed E-state index contributed by atoms with van der Waals surface area (Å²) in [5.74, 6) is -0.560. The van der Waals surface area contributed by atoms with Crippen LogP contribution < -0.4 is 43.1 Å². The number of hydrogen-bond acceptors (Lipinski definition) is 6. The Balaban J connectivity index is 0.00000324. The van der Waals surface area contributed by atoms with Crippen molar-refractivity contribution in [3.63, 3.8) is 0 Å². The van der Waals surface area contributed by atoms with Gasteiger partial charge in [-0.3, -0.25) is 9.59 Å². The maximum atomic E-state index is 12.5. The van der Waals surface area contributed by atoms with Crippen molar-refractivity contribution in [2.75, 3.05) is 14.2 Å². The molecule has 0 atom stereocenters. The maximum absolute atomic E-state index is 12.5. The van der Waals surface area contributed by atoms with Gasteiger partial charge in [0.15, 0.2) is 25.5 Å². The lowest BCUT2D eigenvalue weighted by Gasteiger charge is -2.06. The quantitative estimate of drug-likeness (QED) is 0.141. The summed E-state index contributed by atoms with van der Waals surface area (Å²) in [4.78, 5) is 43.3. The van der Waals surface area contributed by atoms with Gasteiger partial charge < -0.3 is 53.4 Å². The molecule has 9 rings (SSSR count). The van der Waals surface area contributed by atoms with E-state index >= 15 is 0 Å². The van der Waals surface area contributed by atoms with Gasteiger partial charge in [0.05, 0.1) is 37.0 Å². The number of aromatic amines is 2. The molecule has 338 valence electrons. The number of hydrogen-bond donors (Lipinski definition) is 2. The Hall–Kier alpha value is -6.24. The first-order valence-electron chi connectivity index (χ1n) is 22.1. The molecule has 5 aromatic heterocycles. The zero-order chi connectivity index (χ0) is 44.5. The second-order valence-electron chi connectivity index (χ2n) is 16.8. The lowest BCUT2D eigenvalue weighted by Crippen LogP contribution is -3.00. The molecule has 7 heterocycles. The Bertz CT molecular complexity index is 3250. The number of methoxy groups -OCH3 is 2. The lowest BCUT2D eigenvalue weighted by molar-refractivity contribution is -0.671. The van der Waals surface area contributed by atoms with Gasteiger partial charge in [0.1, 0.15) is 0 Å². The zero-order valence-corrected chi connectivity index (χ0v) is 41.4. The van der Waals surface area contributed by atoms with Crippen molar-refractivity contribution < 1.29 is 62.2 Å². The third kappa shape index (κ3) is 9.53. The smallest absolute Gasteiger partial charge is 0.305 e. The van der Waals surface area contributed by atoms with Crippen LogP contribution in [0.15, 0.2) is 109 Å². The molecule has 0 aliphatic carbocycles. The summed E-state index contributed by atoms with van der Waals surface area (Å²) in [6, 6.07) is 34.2. The van der Waals surface area contributed by atoms with Crippen LogP contribution in [0.2, 0.25) is 0 Å². The van der Waals surface area contributed by atoms with E-state index < -0.39 is 0 Å². The summed E-state index contributed by atoms with van der Waals surface area (Å²) in [6.07, 6.45) is 7.25. The summed E-state index contributed by atoms with van der Waals surface area (Å²) in [5.41, 5.74) is 18.3. The van der Waals surface area contributed by atoms with Gasteiger partial charge in [0, 0.05) is 82.8 Å². The SMILES string of the molecule is COC(=O)CCC1=C(C)c2cc3[nH]c(cc4[nH]c(cc5nc(cc1n2)C(CCC(=O)OC)=C5C)c(CC[n+]1cccc2ccccc21)c4C)c(CC[n+]1cccc2ccccc21)c3C.[Br-].[Br-]. The standard InChI is InChI=1S/C54H54N6O4.2BrH/c1-33-39(19-21-53(61)63-5)49-32-50-40(20-22-54(62)64-6)34(2)45(58-50)30-48-42(24-28-60-26-12-16-38-14-8-10-18-52(38)60)36(4)46(57-48)31-47-41(35(3)44(55-47)29-43(33)56-49)23-27-59-25-11-15-37-13-7-9-17-51(37)59;;/h7-18,25-26,29-32,55,57H,19-24,27-28H2,1-6H3;2*1H/q+2;;/p-2. The molecule has 2 aliphatic heterocycles. The average Bonchev–Trinajstić information content (AvgIpc) is 3.97. The van der Waals surface area contributed by atoms with Gasteiger partial charge in [-0.25, -0.2) is 9.97 Å². The Morgan fingerprint density at radius 3 is 1.39 bits per heavy atom. The maximum Gasteiger partial charge on any atom is 0.305 e. The number of fused-ring (bicyclic) bond motifs is 10. The molecule has 12 heteroatoms. The molecular formula is C54H54Br2N6O4. The number of nitrogens with zero attached hydrogens (tertiary/aromatic N) is 4. The number of carbonyl (C=O) groups is 2. The Morgan fingerprint density at radius 2 is 0.924 bits per heavy atom. The van der Waals surface area contributed by atoms with Crippen LogP contribution in [0, 0.1) is 13.8 Å². The van der Waals surface area contributed by atoms with Gasteiger partial charge >= 0.3 is 11.9 Å². The fourth-order valence-corrected chi connectivity index (χ4v) is 9.45. The summed E-state index contributed by atoms with van der Waals surface area (Å²) in [6.45, 7) is 10.1. The lowest BCUT2D eigenvalue weighted by atomic mass is 9.98. The van der Waals surface area contributed by atoms with Crippen LogP contribution in [0.25, 0.3) is 66.2 Å². The number of esters is 2. The minimum absolute atomic E-state index is 0. The first-order chi connectivity index (χ1) is 31.1. The topological polar surface area (TPSA) is 118 Å². The van der Waals surface area contributed by atoms with Crippen LogP contribution in [-0.2, 0) is 45.0 Å². The summed E-state index contributed by atoms with van der Waals surface area (Å²) in [5, 5.41) is 2.41. The molecule has 0 saturated heterocycles. The van der Waals surface area contributed by atoms with Gasteiger partial charge in [-0.05, 0) is 134 Å². The average molecular weight is 1010 g/mol. The third-order valence-electron chi connectivity index (χ3n) is 13.2. The number of para-hydroxylation sites is 2. The number of H-pyrrole nitrogens is 2. The number of carbonyl (C=O) groups excluding carboxylic acids is 2. The number of rotatable bonds is 12. The first-order valence-corrected chi connectivity index (χ1v) is 22.1. The Labute approximate surface area is 406 Å². The van der Waals surface area contributed by atoms with Crippen LogP contribution in [-0.4, -0.2) is 46.1 Å². The van der Waals surface area contributed by atoms with Gasteiger partial charge in [0.2, 0.25) is 11.0 Å². The molecule has 2 aliphatic rings. The largest absolute Gasteiger partial charge is 1.00 e. The van der Waals surface area contributed by atoms with E-state index in [-0.39, 0.29) is 58.7 Å². The van der Waals surface area contributed by atoms with Gasteiger partial charge in [-0.15, -0.1) is 0 Å². The van der Waals surface area contributed by atoms with E-state index in [1.807, 2.05) is 6.07 Å². The summed E-state index contributed by atoms with van der Waals surface area (Å²) < 4.78 is 14.8. The van der Waals surface area contributed by atoms with Crippen LogP contribution in [0.1, 0.15) is 84.6 Å². The molecule has 0 spiro atoms. The highest BCUT2D eigenvalue weighted by Crippen LogP contribution is 2.38. The number of aromatic nitrogens is 6. The van der Waals surface area contributed by atoms with Crippen molar-refractivity contribution in [1.29, 1.82) is 0 Å². The van der Waals surface area contributed by atoms with Crippen molar-refractivity contribution in [3.8, 4) is 0 Å². The number of allylic oxidation sites excluding steroid dienone is 4. The summed E-state index contributed by atoms with van der Waals surface area (Å²) in [7, 11) is 2.84. The number of benzene rings is 2. The fraction of sp³-hybridized carbons (Fsp3) is 0.259. The highest BCUT2D eigenvalue weighted by atomic mass is 79.9. The van der Waals surface area contributed by atoms with Crippen LogP contribution in [0.3, 0.4) is 0 Å². The second-order valence-corrected chi connectivity index (χ2v) is 16.8. The molecule has 7 aromatic rings. The van der Waals surface area contributed by atoms with Crippen molar-refractivity contribution >= 4 is 78.1 Å². The van der Waals surface area contributed by atoms with E-state index in [0.717, 1.165) is 98.6 Å². The highest BCUT2D eigenvalue weighted by molar-refractivity contribution is 5.96. The molecule has 0 fully saturated rings. The van der Waals surface area contributed by atoms with Gasteiger partial charge in [0.25, 0.3) is 0 Å². The molecule has 0 radical (unpaired) electrons. The number of halogens is 2. The van der Waals surface area contributed by atoms with E-state index in [1.54, 1.807) is 0 Å². The first kappa shape index (κ1) is 47.7. The predicted octanol–water partition coefficient (Wildman–Crippen LogP) is 4.07. The second kappa shape index (κ2) is 20.5. The Morgan fingerprint density at radius 1 is 0.515 bits per heavy atom. The fourth-order valence-electron chi connectivity index (χ4n) is 9.45. The van der Waals surface area contributed by atoms with Gasteiger partial charge in [-0.2, -0.15) is 9.13 Å². The molecule has 10 nitrogen and oxygen atoms in total. The molecule has 2 N–H and O–H groups in total. The van der Waals surface area contributed by atoms with E-state index in [2.05, 4.69) is 150 Å². The number of pyridine rings is 2. The predicted molar refractivity (Wildman–Crippen MR) is 254 cm³/mol. The van der Waals surface area contributed by atoms with Crippen LogP contribution in [0.4, 0.5) is 0 Å². The minimum atomic E-state index is -0.280. The van der Waals surface area contributed by atoms with E-state index in [4.69, 9.17) is 19.4 Å². The molecule has 8 bridgehead atoms. The molecule has 0 saturated carbocycles. The van der Waals surface area contributed by atoms with Crippen molar-refractivity contribution in [2.24, 2.45) is 0 Å². The van der Waals surface area contributed by atoms with Crippen molar-refractivity contribution in [1.82, 2.24) is 19.9 Å². The van der Waals surface area contributed by atoms with Gasteiger partial charge in [-0.1, -0.05) is 24.3 Å². The monoisotopic (exact) mass is 1010 g/mol. The molecule has 0 unspecified atom stereocenters. The van der Waals surface area contributed by atoms with E-state index in [9.17, 15) is 9.59 Å². The zero-order valence-electron chi connectivity index (χ0n) is 38.2. The molecule has 66 heavy (non-hydrogen) atoms. The molecular weight excluding hydrogens is 956 g/mol. The number of ether oxygens (including phenoxy) is 2.